The van der Waals surface area contributed by atoms with Crippen LogP contribution in [0.15, 0.2) is 42.5 Å². The monoisotopic (exact) mass is 286 g/mol. The quantitative estimate of drug-likeness (QED) is 0.647. The van der Waals surface area contributed by atoms with Gasteiger partial charge in [-0.25, -0.2) is 4.79 Å². The predicted octanol–water partition coefficient (Wildman–Crippen LogP) is 3.60. The molecule has 21 heavy (non-hydrogen) atoms. The number of benzene rings is 2. The number of aryl methyl sites for hydroxylation is 1. The predicted molar refractivity (Wildman–Crippen MR) is 79.2 cm³/mol. The first kappa shape index (κ1) is 14.5. The van der Waals surface area contributed by atoms with Crippen molar-refractivity contribution in [1.82, 2.24) is 0 Å². The molecule has 0 bridgehead atoms. The minimum absolute atomic E-state index is 0.326. The largest absolute Gasteiger partial charge is 0.477 e. The standard InChI is InChI=1S/C15H14N2O4/c1-2-10-4-3-5-11(8-10)16-12-6-7-13(15(18)19)14(9-12)17(20)21/h3-9,16H,2H2,1H3,(H,18,19). The van der Waals surface area contributed by atoms with Crippen LogP contribution in [0.25, 0.3) is 0 Å². The molecule has 2 aromatic rings. The molecule has 0 aliphatic rings. The molecule has 0 amide bonds. The molecule has 0 radical (unpaired) electrons. The average Bonchev–Trinajstić information content (AvgIpc) is 2.47. The molecule has 108 valence electrons. The number of anilines is 2. The fraction of sp³-hybridized carbons (Fsp3) is 0.133. The molecule has 0 aliphatic carbocycles. The van der Waals surface area contributed by atoms with Crippen LogP contribution in [-0.2, 0) is 6.42 Å². The lowest BCUT2D eigenvalue weighted by atomic mass is 10.1. The number of nitrogens with one attached hydrogen (secondary N) is 1. The summed E-state index contributed by atoms with van der Waals surface area (Å²) < 4.78 is 0. The lowest BCUT2D eigenvalue weighted by Gasteiger charge is -2.08. The second-order valence-electron chi connectivity index (χ2n) is 4.47. The molecule has 0 aromatic heterocycles. The first-order chi connectivity index (χ1) is 10.0. The number of nitro benzene ring substituents is 1. The van der Waals surface area contributed by atoms with Gasteiger partial charge in [-0.15, -0.1) is 0 Å². The Hall–Kier alpha value is -2.89. The molecule has 0 aliphatic heterocycles. The van der Waals surface area contributed by atoms with Crippen molar-refractivity contribution in [3.05, 3.63) is 63.7 Å². The van der Waals surface area contributed by atoms with Crippen molar-refractivity contribution in [2.75, 3.05) is 5.32 Å². The van der Waals surface area contributed by atoms with Gasteiger partial charge >= 0.3 is 5.97 Å². The van der Waals surface area contributed by atoms with E-state index >= 15 is 0 Å². The summed E-state index contributed by atoms with van der Waals surface area (Å²) in [6.45, 7) is 2.03. The number of aromatic carboxylic acids is 1. The van der Waals surface area contributed by atoms with Crippen molar-refractivity contribution in [2.24, 2.45) is 0 Å². The Labute approximate surface area is 121 Å². The molecule has 2 N–H and O–H groups in total. The van der Waals surface area contributed by atoms with Crippen LogP contribution in [0, 0.1) is 10.1 Å². The number of nitrogens with zero attached hydrogens (tertiary/aromatic N) is 1. The molecule has 0 heterocycles. The SMILES string of the molecule is CCc1cccc(Nc2ccc(C(=O)O)c([N+](=O)[O-])c2)c1. The van der Waals surface area contributed by atoms with E-state index in [0.29, 0.717) is 5.69 Å². The Morgan fingerprint density at radius 2 is 1.95 bits per heavy atom. The van der Waals surface area contributed by atoms with Crippen molar-refractivity contribution in [1.29, 1.82) is 0 Å². The van der Waals surface area contributed by atoms with Crippen LogP contribution in [0.3, 0.4) is 0 Å². The average molecular weight is 286 g/mol. The van der Waals surface area contributed by atoms with Crippen molar-refractivity contribution < 1.29 is 14.8 Å². The van der Waals surface area contributed by atoms with Gasteiger partial charge in [0.05, 0.1) is 4.92 Å². The highest BCUT2D eigenvalue weighted by molar-refractivity contribution is 5.93. The molecule has 6 heteroatoms. The summed E-state index contributed by atoms with van der Waals surface area (Å²) in [7, 11) is 0. The normalized spacial score (nSPS) is 10.1. The third kappa shape index (κ3) is 3.36. The molecule has 2 aromatic carbocycles. The lowest BCUT2D eigenvalue weighted by molar-refractivity contribution is -0.385. The number of hydrogen-bond acceptors (Lipinski definition) is 4. The maximum Gasteiger partial charge on any atom is 0.342 e. The lowest BCUT2D eigenvalue weighted by Crippen LogP contribution is -2.03. The van der Waals surface area contributed by atoms with Crippen LogP contribution >= 0.6 is 0 Å². The van der Waals surface area contributed by atoms with Crippen LogP contribution in [0.1, 0.15) is 22.8 Å². The minimum Gasteiger partial charge on any atom is -0.477 e. The fourth-order valence-electron chi connectivity index (χ4n) is 1.98. The summed E-state index contributed by atoms with van der Waals surface area (Å²) in [4.78, 5) is 21.2. The zero-order valence-electron chi connectivity index (χ0n) is 11.4. The molecule has 0 saturated carbocycles. The van der Waals surface area contributed by atoms with E-state index in [1.54, 1.807) is 0 Å². The first-order valence-electron chi connectivity index (χ1n) is 6.39. The van der Waals surface area contributed by atoms with E-state index < -0.39 is 16.6 Å². The maximum atomic E-state index is 11.0. The number of rotatable bonds is 5. The van der Waals surface area contributed by atoms with Crippen molar-refractivity contribution in [3.8, 4) is 0 Å². The second-order valence-corrected chi connectivity index (χ2v) is 4.47. The second kappa shape index (κ2) is 6.04. The molecule has 0 atom stereocenters. The van der Waals surface area contributed by atoms with Gasteiger partial charge in [-0.2, -0.15) is 0 Å². The van der Waals surface area contributed by atoms with Gasteiger partial charge in [0.25, 0.3) is 5.69 Å². The summed E-state index contributed by atoms with van der Waals surface area (Å²) in [5.41, 5.74) is 1.65. The van der Waals surface area contributed by atoms with Gasteiger partial charge in [0.1, 0.15) is 5.56 Å². The van der Waals surface area contributed by atoms with Gasteiger partial charge in [-0.3, -0.25) is 10.1 Å². The van der Waals surface area contributed by atoms with E-state index in [2.05, 4.69) is 5.32 Å². The number of nitro groups is 1. The summed E-state index contributed by atoms with van der Waals surface area (Å²) in [5, 5.41) is 22.9. The molecule has 2 rings (SSSR count). The van der Waals surface area contributed by atoms with E-state index in [1.807, 2.05) is 31.2 Å². The number of carboxylic acids is 1. The summed E-state index contributed by atoms with van der Waals surface area (Å²) in [6, 6.07) is 11.6. The number of carbonyl (C=O) groups is 1. The highest BCUT2D eigenvalue weighted by Gasteiger charge is 2.20. The summed E-state index contributed by atoms with van der Waals surface area (Å²) in [6.07, 6.45) is 0.883. The van der Waals surface area contributed by atoms with E-state index in [1.165, 1.54) is 18.2 Å². The van der Waals surface area contributed by atoms with E-state index in [9.17, 15) is 14.9 Å². The Kier molecular flexibility index (Phi) is 4.18. The highest BCUT2D eigenvalue weighted by atomic mass is 16.6. The Morgan fingerprint density at radius 3 is 2.57 bits per heavy atom. The summed E-state index contributed by atoms with van der Waals surface area (Å²) >= 11 is 0. The Morgan fingerprint density at radius 1 is 1.24 bits per heavy atom. The van der Waals surface area contributed by atoms with Crippen molar-refractivity contribution in [2.45, 2.75) is 13.3 Å². The van der Waals surface area contributed by atoms with Gasteiger partial charge in [0.15, 0.2) is 0 Å². The highest BCUT2D eigenvalue weighted by Crippen LogP contribution is 2.26. The van der Waals surface area contributed by atoms with Gasteiger partial charge in [0.2, 0.25) is 0 Å². The molecule has 6 nitrogen and oxygen atoms in total. The van der Waals surface area contributed by atoms with Crippen molar-refractivity contribution in [3.63, 3.8) is 0 Å². The zero-order chi connectivity index (χ0) is 15.4. The van der Waals surface area contributed by atoms with Gasteiger partial charge in [-0.05, 0) is 36.2 Å². The number of carboxylic acid groups (broad SMARTS) is 1. The van der Waals surface area contributed by atoms with E-state index in [-0.39, 0.29) is 5.56 Å². The smallest absolute Gasteiger partial charge is 0.342 e. The van der Waals surface area contributed by atoms with Crippen molar-refractivity contribution >= 4 is 23.0 Å². The van der Waals surface area contributed by atoms with Crippen LogP contribution in [0.2, 0.25) is 0 Å². The van der Waals surface area contributed by atoms with E-state index in [0.717, 1.165) is 17.7 Å². The summed E-state index contributed by atoms with van der Waals surface area (Å²) in [5.74, 6) is -1.32. The maximum absolute atomic E-state index is 11.0. The third-order valence-electron chi connectivity index (χ3n) is 3.05. The molecule has 0 fully saturated rings. The molecule has 0 spiro atoms. The fourth-order valence-corrected chi connectivity index (χ4v) is 1.98. The third-order valence-corrected chi connectivity index (χ3v) is 3.05. The zero-order valence-corrected chi connectivity index (χ0v) is 11.4. The molecular weight excluding hydrogens is 272 g/mol. The topological polar surface area (TPSA) is 92.5 Å². The molecular formula is C15H14N2O4. The Bertz CT molecular complexity index is 698. The van der Waals surface area contributed by atoms with Crippen LogP contribution in [-0.4, -0.2) is 16.0 Å². The van der Waals surface area contributed by atoms with Gasteiger partial charge < -0.3 is 10.4 Å². The molecule has 0 unspecified atom stereocenters. The van der Waals surface area contributed by atoms with Crippen LogP contribution in [0.4, 0.5) is 17.1 Å². The van der Waals surface area contributed by atoms with Crippen LogP contribution in [0.5, 0.6) is 0 Å². The van der Waals surface area contributed by atoms with Gasteiger partial charge in [0, 0.05) is 17.4 Å². The number of hydrogen-bond donors (Lipinski definition) is 2. The minimum atomic E-state index is -1.32. The van der Waals surface area contributed by atoms with Gasteiger partial charge in [-0.1, -0.05) is 19.1 Å². The Balaban J connectivity index is 2.34. The van der Waals surface area contributed by atoms with Crippen LogP contribution < -0.4 is 5.32 Å². The first-order valence-corrected chi connectivity index (χ1v) is 6.39. The van der Waals surface area contributed by atoms with E-state index in [4.69, 9.17) is 5.11 Å². The molecule has 0 saturated heterocycles.